The summed E-state index contributed by atoms with van der Waals surface area (Å²) in [6, 6.07) is 0. The Labute approximate surface area is 83.2 Å². The first-order chi connectivity index (χ1) is 6.65. The summed E-state index contributed by atoms with van der Waals surface area (Å²) in [6.45, 7) is 2.13. The Balaban J connectivity index is 2.47. The number of ether oxygens (including phenoxy) is 1. The van der Waals surface area contributed by atoms with E-state index in [-0.39, 0.29) is 17.8 Å². The highest BCUT2D eigenvalue weighted by molar-refractivity contribution is 5.75. The molecule has 0 aromatic rings. The molecule has 1 saturated carbocycles. The molecule has 1 aliphatic carbocycles. The van der Waals surface area contributed by atoms with Gasteiger partial charge in [0.15, 0.2) is 0 Å². The molecule has 0 aliphatic heterocycles. The zero-order chi connectivity index (χ0) is 10.6. The summed E-state index contributed by atoms with van der Waals surface area (Å²) in [4.78, 5) is 22.1. The van der Waals surface area contributed by atoms with E-state index in [1.54, 1.807) is 6.92 Å². The molecule has 0 aromatic carbocycles. The molecular formula is C10H16O4. The van der Waals surface area contributed by atoms with Crippen LogP contribution in [0.5, 0.6) is 0 Å². The second-order valence-electron chi connectivity index (χ2n) is 3.65. The quantitative estimate of drug-likeness (QED) is 0.700. The standard InChI is InChI=1S/C10H16O4/c1-2-14-10(13)8-5-3-4-7(6-8)9(11)12/h7-8H,2-6H2,1H3,(H,11,12)/t7-,8-/m0/s1. The SMILES string of the molecule is CCOC(=O)[C@H]1CCC[C@H](C(=O)O)C1. The molecule has 1 aliphatic rings. The topological polar surface area (TPSA) is 63.6 Å². The Morgan fingerprint density at radius 2 is 2.00 bits per heavy atom. The maximum Gasteiger partial charge on any atom is 0.308 e. The third kappa shape index (κ3) is 2.72. The molecule has 0 saturated heterocycles. The number of carbonyl (C=O) groups excluding carboxylic acids is 1. The van der Waals surface area contributed by atoms with Crippen molar-refractivity contribution in [2.24, 2.45) is 11.8 Å². The monoisotopic (exact) mass is 200 g/mol. The lowest BCUT2D eigenvalue weighted by molar-refractivity contribution is -0.152. The van der Waals surface area contributed by atoms with Gasteiger partial charge in [0, 0.05) is 0 Å². The van der Waals surface area contributed by atoms with Crippen LogP contribution in [0.3, 0.4) is 0 Å². The predicted octanol–water partition coefficient (Wildman–Crippen LogP) is 1.44. The Kier molecular flexibility index (Phi) is 3.92. The lowest BCUT2D eigenvalue weighted by Crippen LogP contribution is -2.28. The molecule has 0 aromatic heterocycles. The Bertz CT molecular complexity index is 224. The highest BCUT2D eigenvalue weighted by Crippen LogP contribution is 2.29. The van der Waals surface area contributed by atoms with E-state index in [1.165, 1.54) is 0 Å². The Hall–Kier alpha value is -1.06. The van der Waals surface area contributed by atoms with E-state index in [9.17, 15) is 9.59 Å². The summed E-state index contributed by atoms with van der Waals surface area (Å²) in [7, 11) is 0. The lowest BCUT2D eigenvalue weighted by atomic mass is 9.81. The van der Waals surface area contributed by atoms with E-state index < -0.39 is 5.97 Å². The summed E-state index contributed by atoms with van der Waals surface area (Å²) >= 11 is 0. The van der Waals surface area contributed by atoms with Crippen molar-refractivity contribution in [2.45, 2.75) is 32.6 Å². The summed E-state index contributed by atoms with van der Waals surface area (Å²) < 4.78 is 4.88. The molecule has 0 amide bonds. The molecule has 0 radical (unpaired) electrons. The normalized spacial score (nSPS) is 26.9. The minimum atomic E-state index is -0.793. The van der Waals surface area contributed by atoms with Gasteiger partial charge in [-0.3, -0.25) is 9.59 Å². The highest BCUT2D eigenvalue weighted by Gasteiger charge is 2.31. The second-order valence-corrected chi connectivity index (χ2v) is 3.65. The van der Waals surface area contributed by atoms with Gasteiger partial charge in [-0.05, 0) is 26.2 Å². The van der Waals surface area contributed by atoms with E-state index in [4.69, 9.17) is 9.84 Å². The van der Waals surface area contributed by atoms with Crippen LogP contribution in [0.1, 0.15) is 32.6 Å². The minimum absolute atomic E-state index is 0.204. The number of aliphatic carboxylic acids is 1. The second kappa shape index (κ2) is 4.98. The average molecular weight is 200 g/mol. The maximum atomic E-state index is 11.4. The van der Waals surface area contributed by atoms with Crippen molar-refractivity contribution in [1.82, 2.24) is 0 Å². The van der Waals surface area contributed by atoms with E-state index in [0.717, 1.165) is 12.8 Å². The number of carboxylic acids is 1. The zero-order valence-electron chi connectivity index (χ0n) is 8.36. The molecule has 1 rings (SSSR count). The average Bonchev–Trinajstić information content (AvgIpc) is 2.18. The number of esters is 1. The van der Waals surface area contributed by atoms with Gasteiger partial charge in [0.1, 0.15) is 0 Å². The smallest absolute Gasteiger partial charge is 0.308 e. The van der Waals surface area contributed by atoms with Gasteiger partial charge < -0.3 is 9.84 Å². The Morgan fingerprint density at radius 3 is 2.57 bits per heavy atom. The summed E-state index contributed by atoms with van der Waals surface area (Å²) in [5.41, 5.74) is 0. The number of hydrogen-bond donors (Lipinski definition) is 1. The fraction of sp³-hybridized carbons (Fsp3) is 0.800. The molecular weight excluding hydrogens is 184 g/mol. The van der Waals surface area contributed by atoms with Crippen molar-refractivity contribution >= 4 is 11.9 Å². The van der Waals surface area contributed by atoms with Crippen LogP contribution in [-0.2, 0) is 14.3 Å². The van der Waals surface area contributed by atoms with Gasteiger partial charge in [-0.2, -0.15) is 0 Å². The van der Waals surface area contributed by atoms with Crippen molar-refractivity contribution in [3.63, 3.8) is 0 Å². The molecule has 2 atom stereocenters. The molecule has 1 fully saturated rings. The molecule has 0 spiro atoms. The Morgan fingerprint density at radius 1 is 1.36 bits per heavy atom. The van der Waals surface area contributed by atoms with Crippen LogP contribution < -0.4 is 0 Å². The molecule has 14 heavy (non-hydrogen) atoms. The van der Waals surface area contributed by atoms with Gasteiger partial charge in [-0.1, -0.05) is 6.42 Å². The van der Waals surface area contributed by atoms with Gasteiger partial charge in [0.25, 0.3) is 0 Å². The molecule has 4 heteroatoms. The van der Waals surface area contributed by atoms with E-state index in [1.807, 2.05) is 0 Å². The number of carbonyl (C=O) groups is 2. The largest absolute Gasteiger partial charge is 0.481 e. The molecule has 80 valence electrons. The van der Waals surface area contributed by atoms with Crippen molar-refractivity contribution in [3.05, 3.63) is 0 Å². The minimum Gasteiger partial charge on any atom is -0.481 e. The van der Waals surface area contributed by atoms with Gasteiger partial charge in [-0.25, -0.2) is 0 Å². The fourth-order valence-corrected chi connectivity index (χ4v) is 1.89. The number of hydrogen-bond acceptors (Lipinski definition) is 3. The maximum absolute atomic E-state index is 11.4. The zero-order valence-corrected chi connectivity index (χ0v) is 8.36. The first-order valence-electron chi connectivity index (χ1n) is 5.04. The third-order valence-electron chi connectivity index (χ3n) is 2.64. The molecule has 0 bridgehead atoms. The van der Waals surface area contributed by atoms with Crippen LogP contribution in [0.4, 0.5) is 0 Å². The number of carboxylic acid groups (broad SMARTS) is 1. The van der Waals surface area contributed by atoms with Crippen LogP contribution >= 0.6 is 0 Å². The highest BCUT2D eigenvalue weighted by atomic mass is 16.5. The van der Waals surface area contributed by atoms with Crippen LogP contribution in [0.25, 0.3) is 0 Å². The van der Waals surface area contributed by atoms with Crippen LogP contribution in [0.15, 0.2) is 0 Å². The van der Waals surface area contributed by atoms with E-state index in [0.29, 0.717) is 19.4 Å². The predicted molar refractivity (Wildman–Crippen MR) is 49.7 cm³/mol. The van der Waals surface area contributed by atoms with Crippen molar-refractivity contribution in [2.75, 3.05) is 6.61 Å². The van der Waals surface area contributed by atoms with E-state index >= 15 is 0 Å². The summed E-state index contributed by atoms with van der Waals surface area (Å²) in [6.07, 6.45) is 2.70. The van der Waals surface area contributed by atoms with Crippen molar-refractivity contribution in [3.8, 4) is 0 Å². The van der Waals surface area contributed by atoms with Crippen LogP contribution in [0.2, 0.25) is 0 Å². The fourth-order valence-electron chi connectivity index (χ4n) is 1.89. The summed E-state index contributed by atoms with van der Waals surface area (Å²) in [5, 5.41) is 8.82. The third-order valence-corrected chi connectivity index (χ3v) is 2.64. The lowest BCUT2D eigenvalue weighted by Gasteiger charge is -2.24. The molecule has 0 heterocycles. The van der Waals surface area contributed by atoms with Gasteiger partial charge in [-0.15, -0.1) is 0 Å². The van der Waals surface area contributed by atoms with Gasteiger partial charge in [0.2, 0.25) is 0 Å². The first-order valence-corrected chi connectivity index (χ1v) is 5.04. The van der Waals surface area contributed by atoms with E-state index in [2.05, 4.69) is 0 Å². The number of rotatable bonds is 3. The van der Waals surface area contributed by atoms with Crippen LogP contribution in [0, 0.1) is 11.8 Å². The van der Waals surface area contributed by atoms with Crippen molar-refractivity contribution in [1.29, 1.82) is 0 Å². The van der Waals surface area contributed by atoms with Gasteiger partial charge in [0.05, 0.1) is 18.4 Å². The molecule has 0 unspecified atom stereocenters. The first kappa shape index (κ1) is 11.0. The summed E-state index contributed by atoms with van der Waals surface area (Å²) in [5.74, 6) is -1.60. The van der Waals surface area contributed by atoms with Crippen molar-refractivity contribution < 1.29 is 19.4 Å². The molecule has 4 nitrogen and oxygen atoms in total. The molecule has 1 N–H and O–H groups in total. The van der Waals surface area contributed by atoms with Crippen LogP contribution in [-0.4, -0.2) is 23.7 Å². The van der Waals surface area contributed by atoms with Gasteiger partial charge >= 0.3 is 11.9 Å².